The monoisotopic (exact) mass is 517 g/mol. The molecule has 0 bridgehead atoms. The van der Waals surface area contributed by atoms with Gasteiger partial charge in [0.2, 0.25) is 0 Å². The zero-order valence-electron chi connectivity index (χ0n) is 17.6. The van der Waals surface area contributed by atoms with Gasteiger partial charge in [0.15, 0.2) is 15.8 Å². The maximum atomic E-state index is 12.3. The lowest BCUT2D eigenvalue weighted by atomic mass is 9.99. The highest BCUT2D eigenvalue weighted by atomic mass is 127. The van der Waals surface area contributed by atoms with Crippen LogP contribution >= 0.6 is 24.0 Å². The Hall–Kier alpha value is -0.0900. The average molecular weight is 518 g/mol. The highest BCUT2D eigenvalue weighted by molar-refractivity contribution is 14.0. The summed E-state index contributed by atoms with van der Waals surface area (Å²) >= 11 is 0. The Bertz CT molecular complexity index is 518. The fourth-order valence-corrected chi connectivity index (χ4v) is 4.40. The highest BCUT2D eigenvalue weighted by Gasteiger charge is 2.42. The SMILES string of the molecule is CCNC(=NCC1(S(C)(=O)=O)CCOCC1)NCCCCCCC(C)C.I. The molecule has 1 saturated heterocycles. The van der Waals surface area contributed by atoms with Gasteiger partial charge in [0.25, 0.3) is 0 Å². The van der Waals surface area contributed by atoms with Crippen LogP contribution in [-0.2, 0) is 14.6 Å². The maximum absolute atomic E-state index is 12.3. The second kappa shape index (κ2) is 14.0. The molecule has 0 aromatic carbocycles. The van der Waals surface area contributed by atoms with E-state index in [1.165, 1.54) is 31.9 Å². The normalized spacial score (nSPS) is 17.4. The number of hydrogen-bond donors (Lipinski definition) is 2. The van der Waals surface area contributed by atoms with Crippen LogP contribution in [0.3, 0.4) is 0 Å². The summed E-state index contributed by atoms with van der Waals surface area (Å²) in [7, 11) is -3.18. The van der Waals surface area contributed by atoms with Crippen molar-refractivity contribution < 1.29 is 13.2 Å². The molecule has 8 heteroatoms. The molecule has 162 valence electrons. The van der Waals surface area contributed by atoms with E-state index in [1.54, 1.807) is 0 Å². The zero-order chi connectivity index (χ0) is 19.5. The van der Waals surface area contributed by atoms with E-state index in [1.807, 2.05) is 6.92 Å². The van der Waals surface area contributed by atoms with Crippen LogP contribution < -0.4 is 10.6 Å². The molecule has 0 aromatic heterocycles. The Kier molecular flexibility index (Phi) is 13.9. The molecule has 0 aromatic rings. The van der Waals surface area contributed by atoms with Gasteiger partial charge in [-0.05, 0) is 32.1 Å². The quantitative estimate of drug-likeness (QED) is 0.190. The van der Waals surface area contributed by atoms with Crippen molar-refractivity contribution in [3.63, 3.8) is 0 Å². The molecule has 1 rings (SSSR count). The van der Waals surface area contributed by atoms with E-state index in [2.05, 4.69) is 29.5 Å². The Morgan fingerprint density at radius 1 is 1.11 bits per heavy atom. The largest absolute Gasteiger partial charge is 0.381 e. The van der Waals surface area contributed by atoms with Gasteiger partial charge < -0.3 is 15.4 Å². The second-order valence-corrected chi connectivity index (χ2v) is 10.2. The second-order valence-electron chi connectivity index (χ2n) is 7.79. The van der Waals surface area contributed by atoms with Gasteiger partial charge in [-0.2, -0.15) is 0 Å². The number of nitrogens with zero attached hydrogens (tertiary/aromatic N) is 1. The average Bonchev–Trinajstić information content (AvgIpc) is 2.58. The number of sulfone groups is 1. The van der Waals surface area contributed by atoms with Crippen LogP contribution in [0.5, 0.6) is 0 Å². The molecule has 1 heterocycles. The van der Waals surface area contributed by atoms with Crippen molar-refractivity contribution >= 4 is 39.8 Å². The van der Waals surface area contributed by atoms with Gasteiger partial charge in [-0.1, -0.05) is 39.5 Å². The lowest BCUT2D eigenvalue weighted by Crippen LogP contribution is -2.47. The summed E-state index contributed by atoms with van der Waals surface area (Å²) in [5.74, 6) is 1.50. The number of rotatable bonds is 11. The summed E-state index contributed by atoms with van der Waals surface area (Å²) in [6.07, 6.45) is 8.54. The van der Waals surface area contributed by atoms with Crippen LogP contribution in [-0.4, -0.2) is 58.2 Å². The number of halogens is 1. The Morgan fingerprint density at radius 3 is 2.30 bits per heavy atom. The number of nitrogens with one attached hydrogen (secondary N) is 2. The molecule has 0 amide bonds. The van der Waals surface area contributed by atoms with E-state index < -0.39 is 14.6 Å². The third-order valence-electron chi connectivity index (χ3n) is 5.06. The van der Waals surface area contributed by atoms with Gasteiger partial charge >= 0.3 is 0 Å². The molecule has 0 saturated carbocycles. The van der Waals surface area contributed by atoms with E-state index >= 15 is 0 Å². The van der Waals surface area contributed by atoms with Crippen LogP contribution in [0.15, 0.2) is 4.99 Å². The minimum absolute atomic E-state index is 0. The molecular formula is C19H40IN3O3S. The molecule has 27 heavy (non-hydrogen) atoms. The topological polar surface area (TPSA) is 79.8 Å². The first kappa shape index (κ1) is 26.9. The van der Waals surface area contributed by atoms with Gasteiger partial charge in [0.05, 0.1) is 11.3 Å². The van der Waals surface area contributed by atoms with Crippen molar-refractivity contribution in [2.45, 2.75) is 70.5 Å². The van der Waals surface area contributed by atoms with E-state index in [9.17, 15) is 8.42 Å². The van der Waals surface area contributed by atoms with E-state index in [0.717, 1.165) is 25.4 Å². The number of guanidine groups is 1. The first-order valence-corrected chi connectivity index (χ1v) is 12.0. The van der Waals surface area contributed by atoms with Crippen LogP contribution in [0.4, 0.5) is 0 Å². The maximum Gasteiger partial charge on any atom is 0.191 e. The van der Waals surface area contributed by atoms with Gasteiger partial charge in [-0.15, -0.1) is 24.0 Å². The summed E-state index contributed by atoms with van der Waals surface area (Å²) in [5, 5.41) is 6.56. The fraction of sp³-hybridized carbons (Fsp3) is 0.947. The number of unbranched alkanes of at least 4 members (excludes halogenated alkanes) is 3. The molecule has 0 radical (unpaired) electrons. The minimum atomic E-state index is -3.18. The van der Waals surface area contributed by atoms with Crippen molar-refractivity contribution in [2.75, 3.05) is 39.1 Å². The minimum Gasteiger partial charge on any atom is -0.381 e. The van der Waals surface area contributed by atoms with Gasteiger partial charge in [-0.3, -0.25) is 4.99 Å². The molecular weight excluding hydrogens is 477 g/mol. The lowest BCUT2D eigenvalue weighted by Gasteiger charge is -2.34. The Balaban J connectivity index is 0.00000676. The number of ether oxygens (including phenoxy) is 1. The van der Waals surface area contributed by atoms with Crippen LogP contribution in [0, 0.1) is 5.92 Å². The molecule has 0 atom stereocenters. The van der Waals surface area contributed by atoms with Crippen molar-refractivity contribution in [3.05, 3.63) is 0 Å². The highest BCUT2D eigenvalue weighted by Crippen LogP contribution is 2.29. The van der Waals surface area contributed by atoms with Gasteiger partial charge in [0.1, 0.15) is 0 Å². The summed E-state index contributed by atoms with van der Waals surface area (Å²) in [4.78, 5) is 4.59. The molecule has 0 aliphatic carbocycles. The summed E-state index contributed by atoms with van der Waals surface area (Å²) in [6.45, 7) is 9.44. The summed E-state index contributed by atoms with van der Waals surface area (Å²) in [6, 6.07) is 0. The number of aliphatic imine (C=N–C) groups is 1. The van der Waals surface area contributed by atoms with E-state index in [-0.39, 0.29) is 24.0 Å². The zero-order valence-corrected chi connectivity index (χ0v) is 20.7. The summed E-state index contributed by atoms with van der Waals surface area (Å²) < 4.78 is 29.2. The molecule has 1 aliphatic heterocycles. The predicted molar refractivity (Wildman–Crippen MR) is 125 cm³/mol. The lowest BCUT2D eigenvalue weighted by molar-refractivity contribution is 0.0768. The van der Waals surface area contributed by atoms with Gasteiger partial charge in [0, 0.05) is 32.6 Å². The van der Waals surface area contributed by atoms with Crippen molar-refractivity contribution in [2.24, 2.45) is 10.9 Å². The Labute approximate surface area is 183 Å². The Morgan fingerprint density at radius 2 is 1.74 bits per heavy atom. The molecule has 1 aliphatic rings. The smallest absolute Gasteiger partial charge is 0.191 e. The van der Waals surface area contributed by atoms with Gasteiger partial charge in [-0.25, -0.2) is 8.42 Å². The van der Waals surface area contributed by atoms with Crippen LogP contribution in [0.25, 0.3) is 0 Å². The molecule has 0 unspecified atom stereocenters. The predicted octanol–water partition coefficient (Wildman–Crippen LogP) is 3.36. The van der Waals surface area contributed by atoms with Crippen LogP contribution in [0.2, 0.25) is 0 Å². The molecule has 6 nitrogen and oxygen atoms in total. The molecule has 0 spiro atoms. The van der Waals surface area contributed by atoms with Crippen molar-refractivity contribution in [3.8, 4) is 0 Å². The van der Waals surface area contributed by atoms with E-state index in [4.69, 9.17) is 4.74 Å². The molecule has 2 N–H and O–H groups in total. The van der Waals surface area contributed by atoms with Crippen molar-refractivity contribution in [1.82, 2.24) is 10.6 Å². The third-order valence-corrected chi connectivity index (χ3v) is 7.17. The number of hydrogen-bond acceptors (Lipinski definition) is 4. The first-order valence-electron chi connectivity index (χ1n) is 10.1. The molecule has 1 fully saturated rings. The summed E-state index contributed by atoms with van der Waals surface area (Å²) in [5.41, 5.74) is 0. The van der Waals surface area contributed by atoms with E-state index in [0.29, 0.717) is 38.6 Å². The van der Waals surface area contributed by atoms with Crippen LogP contribution in [0.1, 0.15) is 65.7 Å². The first-order chi connectivity index (χ1) is 12.3. The fourth-order valence-electron chi connectivity index (χ4n) is 3.19. The third kappa shape index (κ3) is 10.3. The van der Waals surface area contributed by atoms with Crippen molar-refractivity contribution in [1.29, 1.82) is 0 Å². The standard InChI is InChI=1S/C19H39N3O3S.HI/c1-5-20-18(21-13-9-7-6-8-10-17(2)3)22-16-19(26(4,23)24)11-14-25-15-12-19;/h17H,5-16H2,1-4H3,(H2,20,21,22);1H.